The Labute approximate surface area is 109 Å². The van der Waals surface area contributed by atoms with Crippen LogP contribution in [0.1, 0.15) is 12.8 Å². The number of aromatic nitrogens is 5. The number of aryl methyl sites for hydroxylation is 1. The van der Waals surface area contributed by atoms with Gasteiger partial charge in [-0.3, -0.25) is 4.79 Å². The van der Waals surface area contributed by atoms with Gasteiger partial charge in [0.05, 0.1) is 18.8 Å². The van der Waals surface area contributed by atoms with Crippen LogP contribution in [0.4, 0.5) is 0 Å². The minimum atomic E-state index is -0.651. The van der Waals surface area contributed by atoms with Crippen molar-refractivity contribution in [2.45, 2.75) is 31.5 Å². The lowest BCUT2D eigenvalue weighted by Gasteiger charge is -2.11. The van der Waals surface area contributed by atoms with Crippen molar-refractivity contribution in [3.63, 3.8) is 0 Å². The molecular weight excluding hydrogens is 248 g/mol. The van der Waals surface area contributed by atoms with Crippen LogP contribution in [0.25, 0.3) is 11.0 Å². The van der Waals surface area contributed by atoms with Gasteiger partial charge < -0.3 is 10.4 Å². The van der Waals surface area contributed by atoms with Gasteiger partial charge in [0, 0.05) is 19.6 Å². The Morgan fingerprint density at radius 3 is 3.11 bits per heavy atom. The van der Waals surface area contributed by atoms with Crippen LogP contribution < -0.4 is 10.9 Å². The van der Waals surface area contributed by atoms with Gasteiger partial charge in [0.2, 0.25) is 0 Å². The van der Waals surface area contributed by atoms with E-state index in [1.54, 1.807) is 7.05 Å². The SMILES string of the molecule is Cn1ncc2c(=O)n(CC(O)CNC3CC3)nnc21. The van der Waals surface area contributed by atoms with E-state index >= 15 is 0 Å². The third-order valence-electron chi connectivity index (χ3n) is 3.22. The fourth-order valence-corrected chi connectivity index (χ4v) is 1.95. The summed E-state index contributed by atoms with van der Waals surface area (Å²) in [6, 6.07) is 0.526. The molecule has 2 N–H and O–H groups in total. The smallest absolute Gasteiger partial charge is 0.280 e. The first-order valence-electron chi connectivity index (χ1n) is 6.32. The van der Waals surface area contributed by atoms with Gasteiger partial charge in [0.15, 0.2) is 5.65 Å². The molecule has 19 heavy (non-hydrogen) atoms. The van der Waals surface area contributed by atoms with Gasteiger partial charge in [-0.1, -0.05) is 5.21 Å². The molecule has 0 bridgehead atoms. The Morgan fingerprint density at radius 1 is 1.58 bits per heavy atom. The molecule has 0 aromatic carbocycles. The van der Waals surface area contributed by atoms with Gasteiger partial charge >= 0.3 is 0 Å². The average Bonchev–Trinajstić information content (AvgIpc) is 3.14. The molecule has 1 unspecified atom stereocenters. The summed E-state index contributed by atoms with van der Waals surface area (Å²) in [5, 5.41) is 25.2. The Kier molecular flexibility index (Phi) is 3.03. The molecule has 8 heteroatoms. The van der Waals surface area contributed by atoms with E-state index in [4.69, 9.17) is 0 Å². The maximum Gasteiger partial charge on any atom is 0.280 e. The minimum Gasteiger partial charge on any atom is -0.390 e. The fraction of sp³-hybridized carbons (Fsp3) is 0.636. The van der Waals surface area contributed by atoms with Crippen molar-refractivity contribution >= 4 is 11.0 Å². The predicted molar refractivity (Wildman–Crippen MR) is 67.6 cm³/mol. The Hall–Kier alpha value is -1.80. The molecular formula is C11H16N6O2. The van der Waals surface area contributed by atoms with Crippen molar-refractivity contribution in [3.8, 4) is 0 Å². The Morgan fingerprint density at radius 2 is 2.37 bits per heavy atom. The summed E-state index contributed by atoms with van der Waals surface area (Å²) in [6.45, 7) is 0.597. The van der Waals surface area contributed by atoms with E-state index in [1.165, 1.54) is 15.6 Å². The highest BCUT2D eigenvalue weighted by Crippen LogP contribution is 2.18. The molecule has 102 valence electrons. The highest BCUT2D eigenvalue weighted by Gasteiger charge is 2.21. The van der Waals surface area contributed by atoms with E-state index in [0.29, 0.717) is 23.6 Å². The number of hydrogen-bond acceptors (Lipinski definition) is 6. The molecule has 3 rings (SSSR count). The van der Waals surface area contributed by atoms with Crippen molar-refractivity contribution in [3.05, 3.63) is 16.6 Å². The summed E-state index contributed by atoms with van der Waals surface area (Å²) in [4.78, 5) is 12.1. The number of nitrogens with one attached hydrogen (secondary N) is 1. The van der Waals surface area contributed by atoms with Crippen molar-refractivity contribution in [1.29, 1.82) is 0 Å². The summed E-state index contributed by atoms with van der Waals surface area (Å²) in [6.07, 6.45) is 3.14. The summed E-state index contributed by atoms with van der Waals surface area (Å²) >= 11 is 0. The number of aliphatic hydroxyl groups excluding tert-OH is 1. The first kappa shape index (κ1) is 12.2. The fourth-order valence-electron chi connectivity index (χ4n) is 1.95. The molecule has 1 saturated carbocycles. The second-order valence-corrected chi connectivity index (χ2v) is 4.92. The molecule has 1 aliphatic carbocycles. The predicted octanol–water partition coefficient (Wildman–Crippen LogP) is -1.36. The van der Waals surface area contributed by atoms with E-state index in [-0.39, 0.29) is 12.1 Å². The molecule has 1 fully saturated rings. The summed E-state index contributed by atoms with van der Waals surface area (Å²) < 4.78 is 2.68. The monoisotopic (exact) mass is 264 g/mol. The molecule has 0 spiro atoms. The van der Waals surface area contributed by atoms with Crippen LogP contribution in [0.3, 0.4) is 0 Å². The van der Waals surface area contributed by atoms with E-state index in [2.05, 4.69) is 20.7 Å². The molecule has 2 aromatic rings. The molecule has 8 nitrogen and oxygen atoms in total. The van der Waals surface area contributed by atoms with E-state index in [1.807, 2.05) is 0 Å². The van der Waals surface area contributed by atoms with Crippen LogP contribution in [-0.4, -0.2) is 48.6 Å². The van der Waals surface area contributed by atoms with Gasteiger partial charge in [-0.05, 0) is 12.8 Å². The second kappa shape index (κ2) is 4.71. The quantitative estimate of drug-likeness (QED) is 0.692. The van der Waals surface area contributed by atoms with Crippen molar-refractivity contribution in [2.75, 3.05) is 6.54 Å². The summed E-state index contributed by atoms with van der Waals surface area (Å²) in [5.41, 5.74) is 0.176. The van der Waals surface area contributed by atoms with Crippen LogP contribution in [0.2, 0.25) is 0 Å². The van der Waals surface area contributed by atoms with Crippen molar-refractivity contribution < 1.29 is 5.11 Å². The van der Waals surface area contributed by atoms with E-state index in [9.17, 15) is 9.90 Å². The molecule has 2 heterocycles. The molecule has 1 aliphatic rings. The first-order chi connectivity index (χ1) is 9.15. The summed E-state index contributed by atoms with van der Waals surface area (Å²) in [5.74, 6) is 0. The van der Waals surface area contributed by atoms with Gasteiger partial charge in [-0.25, -0.2) is 9.36 Å². The topological polar surface area (TPSA) is 97.9 Å². The number of hydrogen-bond donors (Lipinski definition) is 2. The van der Waals surface area contributed by atoms with Crippen LogP contribution in [0, 0.1) is 0 Å². The van der Waals surface area contributed by atoms with E-state index in [0.717, 1.165) is 12.8 Å². The van der Waals surface area contributed by atoms with E-state index < -0.39 is 6.10 Å². The molecule has 0 aliphatic heterocycles. The van der Waals surface area contributed by atoms with Gasteiger partial charge in [0.1, 0.15) is 5.39 Å². The maximum absolute atomic E-state index is 12.1. The van der Waals surface area contributed by atoms with Crippen LogP contribution in [0.5, 0.6) is 0 Å². The third-order valence-corrected chi connectivity index (χ3v) is 3.22. The van der Waals surface area contributed by atoms with Gasteiger partial charge in [0.25, 0.3) is 5.56 Å². The lowest BCUT2D eigenvalue weighted by Crippen LogP contribution is -2.36. The second-order valence-electron chi connectivity index (χ2n) is 4.92. The Balaban J connectivity index is 1.76. The number of rotatable bonds is 5. The van der Waals surface area contributed by atoms with Crippen LogP contribution in [0.15, 0.2) is 11.0 Å². The van der Waals surface area contributed by atoms with Crippen LogP contribution >= 0.6 is 0 Å². The molecule has 0 radical (unpaired) electrons. The molecule has 1 atom stereocenters. The number of fused-ring (bicyclic) bond motifs is 1. The Bertz CT molecular complexity index is 644. The largest absolute Gasteiger partial charge is 0.390 e. The zero-order valence-electron chi connectivity index (χ0n) is 10.7. The molecule has 0 amide bonds. The van der Waals surface area contributed by atoms with Crippen LogP contribution in [-0.2, 0) is 13.6 Å². The van der Waals surface area contributed by atoms with Crippen molar-refractivity contribution in [2.24, 2.45) is 7.05 Å². The lowest BCUT2D eigenvalue weighted by atomic mass is 10.3. The third kappa shape index (κ3) is 2.49. The minimum absolute atomic E-state index is 0.135. The molecule has 2 aromatic heterocycles. The normalized spacial score (nSPS) is 16.9. The average molecular weight is 264 g/mol. The number of aliphatic hydroxyl groups is 1. The summed E-state index contributed by atoms with van der Waals surface area (Å²) in [7, 11) is 1.70. The highest BCUT2D eigenvalue weighted by atomic mass is 16.3. The zero-order valence-corrected chi connectivity index (χ0v) is 10.7. The maximum atomic E-state index is 12.1. The number of nitrogens with zero attached hydrogens (tertiary/aromatic N) is 5. The van der Waals surface area contributed by atoms with Gasteiger partial charge in [-0.15, -0.1) is 5.10 Å². The zero-order chi connectivity index (χ0) is 13.4. The van der Waals surface area contributed by atoms with Crippen molar-refractivity contribution in [1.82, 2.24) is 30.1 Å². The molecule has 0 saturated heterocycles. The first-order valence-corrected chi connectivity index (χ1v) is 6.32. The standard InChI is InChI=1S/C11H16N6O2/c1-16-10-9(5-13-16)11(19)17(15-14-10)6-8(18)4-12-7-2-3-7/h5,7-8,12,18H,2-4,6H2,1H3. The highest BCUT2D eigenvalue weighted by molar-refractivity contribution is 5.72. The lowest BCUT2D eigenvalue weighted by molar-refractivity contribution is 0.143. The van der Waals surface area contributed by atoms with Gasteiger partial charge in [-0.2, -0.15) is 5.10 Å².